The Morgan fingerprint density at radius 3 is 1.10 bits per heavy atom. The van der Waals surface area contributed by atoms with Crippen LogP contribution in [0.15, 0.2) is 0 Å². The Kier molecular flexibility index (Phi) is 40.7. The number of hydrogen-bond acceptors (Lipinski definition) is 9. The van der Waals surface area contributed by atoms with Crippen molar-refractivity contribution in [3.63, 3.8) is 0 Å². The van der Waals surface area contributed by atoms with E-state index in [1.54, 1.807) is 0 Å². The molecular weight excluding hydrogens is 384 g/mol. The van der Waals surface area contributed by atoms with Gasteiger partial charge in [-0.3, -0.25) is 0 Å². The van der Waals surface area contributed by atoms with Crippen LogP contribution in [0.5, 0.6) is 0 Å². The average Bonchev–Trinajstić information content (AvgIpc) is 1.98. The molecule has 0 spiro atoms. The molecule has 0 atom stereocenters. The molecule has 14 heteroatoms. The first kappa shape index (κ1) is 39.6. The Hall–Kier alpha value is 3.55. The van der Waals surface area contributed by atoms with E-state index >= 15 is 0 Å². The van der Waals surface area contributed by atoms with Gasteiger partial charge in [-0.25, -0.2) is 0 Å². The van der Waals surface area contributed by atoms with Crippen LogP contribution >= 0.6 is 0 Å². The Morgan fingerprint density at radius 1 is 0.810 bits per heavy atom. The van der Waals surface area contributed by atoms with Gasteiger partial charge >= 0.3 is 184 Å². The summed E-state index contributed by atoms with van der Waals surface area (Å²) in [5.74, 6) is -5.98. The summed E-state index contributed by atoms with van der Waals surface area (Å²) in [7, 11) is 0. The first-order chi connectivity index (χ1) is 7.51. The SMILES string of the molecule is O=C([O-])CC(O)(CC(=O)[O-])C(=O)[O-].O=C([O-])O.[K+].[K+].[K+].[Na+]. The quantitative estimate of drug-likeness (QED) is 0.424. The van der Waals surface area contributed by atoms with Gasteiger partial charge in [0, 0.05) is 24.8 Å². The normalized spacial score (nSPS) is 7.86. The van der Waals surface area contributed by atoms with E-state index in [0.29, 0.717) is 0 Å². The van der Waals surface area contributed by atoms with Gasteiger partial charge in [0.2, 0.25) is 6.16 Å². The monoisotopic (exact) mass is 390 g/mol. The van der Waals surface area contributed by atoms with E-state index in [0.717, 1.165) is 0 Å². The van der Waals surface area contributed by atoms with Crippen molar-refractivity contribution in [2.24, 2.45) is 0 Å². The summed E-state index contributed by atoms with van der Waals surface area (Å²) in [6, 6.07) is 0. The standard InChI is InChI=1S/C6H8O7.CH2O3.3K.Na/c7-3(8)1-6(13,5(11)12)2-4(9)10;2-1(3)4;;;;/h13H,1-2H2,(H,7,8)(H,9,10)(H,11,12);(H2,2,3,4);;;;/q;;4*+1/p-4. The van der Waals surface area contributed by atoms with Gasteiger partial charge in [0.25, 0.3) is 0 Å². The van der Waals surface area contributed by atoms with Gasteiger partial charge < -0.3 is 49.8 Å². The summed E-state index contributed by atoms with van der Waals surface area (Å²) in [5, 5.41) is 54.2. The van der Waals surface area contributed by atoms with Crippen LogP contribution in [0.1, 0.15) is 12.8 Å². The summed E-state index contributed by atoms with van der Waals surface area (Å²) in [6.07, 6.45) is -4.80. The van der Waals surface area contributed by atoms with Crippen molar-refractivity contribution in [3.05, 3.63) is 0 Å². The number of aliphatic carboxylic acids is 3. The van der Waals surface area contributed by atoms with E-state index in [4.69, 9.17) is 20.1 Å². The van der Waals surface area contributed by atoms with Crippen molar-refractivity contribution in [3.8, 4) is 0 Å². The van der Waals surface area contributed by atoms with Gasteiger partial charge in [0.15, 0.2) is 0 Å². The molecule has 0 aromatic carbocycles. The van der Waals surface area contributed by atoms with E-state index in [-0.39, 0.29) is 184 Å². The number of carbonyl (C=O) groups excluding carboxylic acids is 3. The smallest absolute Gasteiger partial charge is 0.565 e. The van der Waals surface area contributed by atoms with Crippen molar-refractivity contribution >= 4 is 24.1 Å². The molecular formula is C7H6K3NaO10. The second-order valence-corrected chi connectivity index (χ2v) is 2.68. The molecule has 0 aliphatic heterocycles. The molecule has 0 bridgehead atoms. The van der Waals surface area contributed by atoms with Gasteiger partial charge in [-0.1, -0.05) is 0 Å². The van der Waals surface area contributed by atoms with Crippen LogP contribution in [0.3, 0.4) is 0 Å². The van der Waals surface area contributed by atoms with Gasteiger partial charge in [-0.05, 0) is 0 Å². The van der Waals surface area contributed by atoms with E-state index in [9.17, 15) is 29.7 Å². The molecule has 98 valence electrons. The van der Waals surface area contributed by atoms with Gasteiger partial charge in [0.1, 0.15) is 5.60 Å². The van der Waals surface area contributed by atoms with Crippen molar-refractivity contribution in [2.75, 3.05) is 0 Å². The average molecular weight is 390 g/mol. The van der Waals surface area contributed by atoms with Crippen LogP contribution < -0.4 is 204 Å². The maximum Gasteiger partial charge on any atom is 1.00 e. The first-order valence-electron chi connectivity index (χ1n) is 3.74. The Bertz CT molecular complexity index is 317. The van der Waals surface area contributed by atoms with Crippen LogP contribution in [0.25, 0.3) is 0 Å². The number of carboxylic acid groups (broad SMARTS) is 5. The Balaban J connectivity index is -0.0000000629. The Labute approximate surface area is 269 Å². The van der Waals surface area contributed by atoms with Gasteiger partial charge in [-0.2, -0.15) is 0 Å². The minimum Gasteiger partial charge on any atom is -0.565 e. The summed E-state index contributed by atoms with van der Waals surface area (Å²) in [5.41, 5.74) is -2.97. The summed E-state index contributed by atoms with van der Waals surface area (Å²) in [4.78, 5) is 38.4. The van der Waals surface area contributed by atoms with Gasteiger partial charge in [-0.15, -0.1) is 0 Å². The van der Waals surface area contributed by atoms with Crippen molar-refractivity contribution in [2.45, 2.75) is 18.4 Å². The molecule has 10 nitrogen and oxygen atoms in total. The fourth-order valence-electron chi connectivity index (χ4n) is 0.684. The molecule has 0 aliphatic rings. The van der Waals surface area contributed by atoms with E-state index in [1.807, 2.05) is 0 Å². The van der Waals surface area contributed by atoms with Crippen LogP contribution in [-0.2, 0) is 14.4 Å². The third kappa shape index (κ3) is 28.6. The van der Waals surface area contributed by atoms with Crippen LogP contribution in [0.2, 0.25) is 0 Å². The topological polar surface area (TPSA) is 201 Å². The van der Waals surface area contributed by atoms with Crippen LogP contribution in [0.4, 0.5) is 4.79 Å². The molecule has 21 heavy (non-hydrogen) atoms. The van der Waals surface area contributed by atoms with Crippen LogP contribution in [-0.4, -0.2) is 39.9 Å². The van der Waals surface area contributed by atoms with E-state index in [1.165, 1.54) is 0 Å². The van der Waals surface area contributed by atoms with Crippen molar-refractivity contribution in [1.29, 1.82) is 0 Å². The Morgan fingerprint density at radius 2 is 1.00 bits per heavy atom. The third-order valence-corrected chi connectivity index (χ3v) is 1.25. The maximum absolute atomic E-state index is 10.1. The molecule has 0 aromatic heterocycles. The van der Waals surface area contributed by atoms with Crippen molar-refractivity contribution < 1.29 is 234 Å². The molecule has 0 radical (unpaired) electrons. The largest absolute Gasteiger partial charge is 1.00 e. The number of hydrogen-bond donors (Lipinski definition) is 2. The second-order valence-electron chi connectivity index (χ2n) is 2.68. The van der Waals surface area contributed by atoms with Gasteiger partial charge in [0.05, 0.1) is 5.97 Å². The predicted molar refractivity (Wildman–Crippen MR) is 37.2 cm³/mol. The fourth-order valence-corrected chi connectivity index (χ4v) is 0.684. The fraction of sp³-hybridized carbons (Fsp3) is 0.429. The molecule has 0 aromatic rings. The molecule has 0 saturated heterocycles. The molecule has 0 aliphatic carbocycles. The van der Waals surface area contributed by atoms with Crippen molar-refractivity contribution in [1.82, 2.24) is 0 Å². The second kappa shape index (κ2) is 21.6. The molecule has 0 saturated carbocycles. The number of carbonyl (C=O) groups is 4. The molecule has 0 unspecified atom stereocenters. The zero-order valence-electron chi connectivity index (χ0n) is 12.1. The zero-order valence-corrected chi connectivity index (χ0v) is 23.4. The first-order valence-corrected chi connectivity index (χ1v) is 3.74. The predicted octanol–water partition coefficient (Wildman–Crippen LogP) is -18.3. The molecule has 0 rings (SSSR count). The molecule has 0 fully saturated rings. The zero-order chi connectivity index (χ0) is 14.2. The number of aliphatic hydroxyl groups is 1. The molecule has 2 N–H and O–H groups in total. The van der Waals surface area contributed by atoms with E-state index < -0.39 is 42.5 Å². The van der Waals surface area contributed by atoms with E-state index in [2.05, 4.69) is 0 Å². The maximum atomic E-state index is 10.1. The summed E-state index contributed by atoms with van der Waals surface area (Å²) < 4.78 is 0. The summed E-state index contributed by atoms with van der Waals surface area (Å²) in [6.45, 7) is 0. The molecule has 0 heterocycles. The third-order valence-electron chi connectivity index (χ3n) is 1.25. The summed E-state index contributed by atoms with van der Waals surface area (Å²) >= 11 is 0. The molecule has 0 amide bonds. The minimum atomic E-state index is -2.97. The van der Waals surface area contributed by atoms with Crippen LogP contribution in [0, 0.1) is 0 Å². The number of rotatable bonds is 5. The number of carboxylic acids is 3. The minimum absolute atomic E-state index is 0.